The van der Waals surface area contributed by atoms with Crippen LogP contribution in [0.25, 0.3) is 0 Å². The lowest BCUT2D eigenvalue weighted by Gasteiger charge is -2.12. The molecule has 0 unspecified atom stereocenters. The molecule has 2 amide bonds. The van der Waals surface area contributed by atoms with Gasteiger partial charge in [-0.2, -0.15) is 0 Å². The van der Waals surface area contributed by atoms with Gasteiger partial charge in [0.25, 0.3) is 5.91 Å². The normalized spacial score (nSPS) is 10.2. The molecule has 0 aromatic heterocycles. The Hall–Kier alpha value is -3.15. The van der Waals surface area contributed by atoms with E-state index in [1.807, 2.05) is 32.0 Å². The van der Waals surface area contributed by atoms with Crippen LogP contribution in [0.3, 0.4) is 0 Å². The highest BCUT2D eigenvalue weighted by atomic mass is 16.4. The van der Waals surface area contributed by atoms with Crippen LogP contribution in [0, 0.1) is 13.8 Å². The van der Waals surface area contributed by atoms with E-state index in [1.165, 1.54) is 0 Å². The maximum atomic E-state index is 12.5. The van der Waals surface area contributed by atoms with Crippen molar-refractivity contribution in [2.75, 3.05) is 10.6 Å². The van der Waals surface area contributed by atoms with Gasteiger partial charge in [0.1, 0.15) is 0 Å². The molecule has 0 saturated carbocycles. The summed E-state index contributed by atoms with van der Waals surface area (Å²) in [5.41, 5.74) is 3.51. The van der Waals surface area contributed by atoms with Crippen molar-refractivity contribution < 1.29 is 19.5 Å². The predicted molar refractivity (Wildman–Crippen MR) is 95.8 cm³/mol. The van der Waals surface area contributed by atoms with Crippen molar-refractivity contribution in [3.8, 4) is 0 Å². The zero-order valence-electron chi connectivity index (χ0n) is 14.1. The fraction of sp³-hybridized carbons (Fsp3) is 0.211. The molecule has 2 aromatic carbocycles. The molecule has 0 fully saturated rings. The Morgan fingerprint density at radius 3 is 2.32 bits per heavy atom. The molecule has 0 heterocycles. The van der Waals surface area contributed by atoms with Crippen molar-refractivity contribution in [2.24, 2.45) is 0 Å². The zero-order chi connectivity index (χ0) is 18.4. The van der Waals surface area contributed by atoms with Crippen LogP contribution in [0.15, 0.2) is 42.5 Å². The number of carboxylic acids is 1. The largest absolute Gasteiger partial charge is 0.481 e. The van der Waals surface area contributed by atoms with Gasteiger partial charge in [-0.3, -0.25) is 14.4 Å². The second-order valence-electron chi connectivity index (χ2n) is 5.74. The number of carboxylic acid groups (broad SMARTS) is 1. The number of hydrogen-bond acceptors (Lipinski definition) is 3. The average Bonchev–Trinajstić information content (AvgIpc) is 2.57. The number of carbonyl (C=O) groups is 3. The summed E-state index contributed by atoms with van der Waals surface area (Å²) < 4.78 is 0. The van der Waals surface area contributed by atoms with E-state index >= 15 is 0 Å². The van der Waals surface area contributed by atoms with Crippen molar-refractivity contribution in [2.45, 2.75) is 26.7 Å². The second-order valence-corrected chi connectivity index (χ2v) is 5.74. The van der Waals surface area contributed by atoms with Gasteiger partial charge in [-0.1, -0.05) is 18.2 Å². The van der Waals surface area contributed by atoms with Crippen LogP contribution < -0.4 is 10.6 Å². The highest BCUT2D eigenvalue weighted by Gasteiger charge is 2.14. The van der Waals surface area contributed by atoms with Crippen molar-refractivity contribution in [3.63, 3.8) is 0 Å². The molecule has 6 heteroatoms. The van der Waals surface area contributed by atoms with Gasteiger partial charge in [0.2, 0.25) is 5.91 Å². The van der Waals surface area contributed by atoms with Gasteiger partial charge in [0, 0.05) is 12.1 Å². The van der Waals surface area contributed by atoms with Crippen LogP contribution >= 0.6 is 0 Å². The lowest BCUT2D eigenvalue weighted by molar-refractivity contribution is -0.138. The molecule has 0 aliphatic rings. The van der Waals surface area contributed by atoms with Gasteiger partial charge in [-0.25, -0.2) is 0 Å². The summed E-state index contributed by atoms with van der Waals surface area (Å²) in [7, 11) is 0. The highest BCUT2D eigenvalue weighted by molar-refractivity contribution is 6.10. The van der Waals surface area contributed by atoms with Crippen LogP contribution in [0.5, 0.6) is 0 Å². The first-order valence-electron chi connectivity index (χ1n) is 7.86. The van der Waals surface area contributed by atoms with E-state index in [0.29, 0.717) is 16.9 Å². The van der Waals surface area contributed by atoms with Crippen LogP contribution in [0.4, 0.5) is 11.4 Å². The standard InChI is InChI=1S/C19H20N2O4/c1-12-7-8-14(11-13(12)2)20-19(25)15-5-3-4-6-16(15)21-17(22)9-10-18(23)24/h3-8,11H,9-10H2,1-2H3,(H,20,25)(H,21,22)(H,23,24). The number of rotatable bonds is 6. The summed E-state index contributed by atoms with van der Waals surface area (Å²) in [5.74, 6) is -1.85. The number of amides is 2. The first kappa shape index (κ1) is 18.2. The van der Waals surface area contributed by atoms with Gasteiger partial charge < -0.3 is 15.7 Å². The minimum atomic E-state index is -1.05. The monoisotopic (exact) mass is 340 g/mol. The second kappa shape index (κ2) is 8.10. The summed E-state index contributed by atoms with van der Waals surface area (Å²) in [6, 6.07) is 12.2. The number of nitrogens with one attached hydrogen (secondary N) is 2. The lowest BCUT2D eigenvalue weighted by atomic mass is 10.1. The lowest BCUT2D eigenvalue weighted by Crippen LogP contribution is -2.18. The molecular formula is C19H20N2O4. The summed E-state index contributed by atoms with van der Waals surface area (Å²) >= 11 is 0. The van der Waals surface area contributed by atoms with Crippen molar-refractivity contribution in [3.05, 3.63) is 59.2 Å². The Labute approximate surface area is 145 Å². The van der Waals surface area contributed by atoms with Gasteiger partial charge in [-0.05, 0) is 49.2 Å². The molecule has 3 N–H and O–H groups in total. The third-order valence-corrected chi connectivity index (χ3v) is 3.78. The van der Waals surface area contributed by atoms with Crippen LogP contribution in [0.2, 0.25) is 0 Å². The van der Waals surface area contributed by atoms with Crippen LogP contribution in [-0.4, -0.2) is 22.9 Å². The molecule has 25 heavy (non-hydrogen) atoms. The molecule has 2 rings (SSSR count). The first-order valence-corrected chi connectivity index (χ1v) is 7.86. The Balaban J connectivity index is 2.13. The van der Waals surface area contributed by atoms with E-state index in [-0.39, 0.29) is 18.7 Å². The first-order chi connectivity index (χ1) is 11.9. The third-order valence-electron chi connectivity index (χ3n) is 3.78. The number of para-hydroxylation sites is 1. The van der Waals surface area contributed by atoms with E-state index in [0.717, 1.165) is 11.1 Å². The zero-order valence-corrected chi connectivity index (χ0v) is 14.1. The highest BCUT2D eigenvalue weighted by Crippen LogP contribution is 2.19. The molecule has 0 spiro atoms. The van der Waals surface area contributed by atoms with E-state index in [2.05, 4.69) is 10.6 Å². The van der Waals surface area contributed by atoms with Crippen molar-refractivity contribution >= 4 is 29.2 Å². The molecule has 0 bridgehead atoms. The molecular weight excluding hydrogens is 320 g/mol. The maximum absolute atomic E-state index is 12.5. The Morgan fingerprint density at radius 2 is 1.64 bits per heavy atom. The Kier molecular flexibility index (Phi) is 5.89. The number of hydrogen-bond donors (Lipinski definition) is 3. The van der Waals surface area contributed by atoms with Crippen LogP contribution in [-0.2, 0) is 9.59 Å². The molecule has 130 valence electrons. The molecule has 0 radical (unpaired) electrons. The fourth-order valence-corrected chi connectivity index (χ4v) is 2.24. The summed E-state index contributed by atoms with van der Waals surface area (Å²) in [4.78, 5) is 34.9. The quantitative estimate of drug-likeness (QED) is 0.751. The number of carbonyl (C=O) groups excluding carboxylic acids is 2. The molecule has 0 atom stereocenters. The fourth-order valence-electron chi connectivity index (χ4n) is 2.24. The smallest absolute Gasteiger partial charge is 0.303 e. The molecule has 0 aliphatic carbocycles. The van der Waals surface area contributed by atoms with Gasteiger partial charge >= 0.3 is 5.97 Å². The van der Waals surface area contributed by atoms with Crippen molar-refractivity contribution in [1.82, 2.24) is 0 Å². The topological polar surface area (TPSA) is 95.5 Å². The minimum absolute atomic E-state index is 0.150. The predicted octanol–water partition coefficient (Wildman–Crippen LogP) is 3.36. The van der Waals surface area contributed by atoms with E-state index in [9.17, 15) is 14.4 Å². The number of anilines is 2. The van der Waals surface area contributed by atoms with Crippen molar-refractivity contribution in [1.29, 1.82) is 0 Å². The number of aliphatic carboxylic acids is 1. The molecule has 2 aromatic rings. The summed E-state index contributed by atoms with van der Waals surface area (Å²) in [5, 5.41) is 14.0. The molecule has 0 aliphatic heterocycles. The molecule has 0 saturated heterocycles. The third kappa shape index (κ3) is 5.17. The van der Waals surface area contributed by atoms with Crippen LogP contribution in [0.1, 0.15) is 34.3 Å². The minimum Gasteiger partial charge on any atom is -0.481 e. The molecule has 6 nitrogen and oxygen atoms in total. The Bertz CT molecular complexity index is 815. The van der Waals surface area contributed by atoms with E-state index in [4.69, 9.17) is 5.11 Å². The van der Waals surface area contributed by atoms with Gasteiger partial charge in [0.15, 0.2) is 0 Å². The summed E-state index contributed by atoms with van der Waals surface area (Å²) in [6.07, 6.45) is -0.411. The van der Waals surface area contributed by atoms with Gasteiger partial charge in [-0.15, -0.1) is 0 Å². The number of aryl methyl sites for hydroxylation is 2. The van der Waals surface area contributed by atoms with Gasteiger partial charge in [0.05, 0.1) is 17.7 Å². The maximum Gasteiger partial charge on any atom is 0.303 e. The summed E-state index contributed by atoms with van der Waals surface area (Å²) in [6.45, 7) is 3.95. The van der Waals surface area contributed by atoms with E-state index < -0.39 is 11.9 Å². The Morgan fingerprint density at radius 1 is 0.920 bits per heavy atom. The van der Waals surface area contributed by atoms with E-state index in [1.54, 1.807) is 24.3 Å². The number of benzene rings is 2. The SMILES string of the molecule is Cc1ccc(NC(=O)c2ccccc2NC(=O)CCC(=O)O)cc1C. The average molecular weight is 340 g/mol.